The summed E-state index contributed by atoms with van der Waals surface area (Å²) in [6.07, 6.45) is 0. The normalized spacial score (nSPS) is 10.1. The monoisotopic (exact) mass is 292 g/mol. The lowest BCUT2D eigenvalue weighted by molar-refractivity contribution is -0.385. The van der Waals surface area contributed by atoms with Crippen LogP contribution >= 0.6 is 11.6 Å². The van der Waals surface area contributed by atoms with E-state index in [2.05, 4.69) is 15.5 Å². The van der Waals surface area contributed by atoms with E-state index in [9.17, 15) is 14.9 Å². The summed E-state index contributed by atoms with van der Waals surface area (Å²) in [7, 11) is 0. The Morgan fingerprint density at radius 3 is 2.65 bits per heavy atom. The minimum atomic E-state index is -0.521. The maximum atomic E-state index is 11.9. The van der Waals surface area contributed by atoms with Crippen LogP contribution in [0.25, 0.3) is 0 Å². The van der Waals surface area contributed by atoms with Gasteiger partial charge in [0.2, 0.25) is 0 Å². The first-order chi connectivity index (χ1) is 9.47. The molecule has 0 fully saturated rings. The molecule has 2 aromatic rings. The van der Waals surface area contributed by atoms with Crippen molar-refractivity contribution in [2.75, 3.05) is 5.32 Å². The molecule has 0 spiro atoms. The Morgan fingerprint density at radius 1 is 1.30 bits per heavy atom. The van der Waals surface area contributed by atoms with Crippen molar-refractivity contribution in [1.82, 2.24) is 10.2 Å². The predicted octanol–water partition coefficient (Wildman–Crippen LogP) is 2.60. The molecule has 8 heteroatoms. The van der Waals surface area contributed by atoms with Crippen molar-refractivity contribution in [1.29, 1.82) is 0 Å². The number of benzene rings is 1. The van der Waals surface area contributed by atoms with Crippen molar-refractivity contribution >= 4 is 28.9 Å². The average Bonchev–Trinajstić information content (AvgIpc) is 2.41. The number of nitro groups is 1. The molecule has 0 aliphatic carbocycles. The van der Waals surface area contributed by atoms with Gasteiger partial charge in [0.05, 0.1) is 4.92 Å². The smallest absolute Gasteiger partial charge is 0.276 e. The highest BCUT2D eigenvalue weighted by Gasteiger charge is 2.14. The molecule has 0 aliphatic rings. The van der Waals surface area contributed by atoms with Gasteiger partial charge in [-0.1, -0.05) is 17.7 Å². The van der Waals surface area contributed by atoms with Crippen molar-refractivity contribution < 1.29 is 9.72 Å². The molecule has 0 saturated heterocycles. The summed E-state index contributed by atoms with van der Waals surface area (Å²) in [6.45, 7) is 1.62. The van der Waals surface area contributed by atoms with E-state index in [0.29, 0.717) is 11.3 Å². The second-order valence-electron chi connectivity index (χ2n) is 3.95. The number of aromatic nitrogens is 2. The number of aryl methyl sites for hydroxylation is 1. The molecule has 1 amide bonds. The lowest BCUT2D eigenvalue weighted by Crippen LogP contribution is -2.14. The summed E-state index contributed by atoms with van der Waals surface area (Å²) < 4.78 is 0. The van der Waals surface area contributed by atoms with Crippen LogP contribution in [-0.4, -0.2) is 21.0 Å². The van der Waals surface area contributed by atoms with E-state index in [1.54, 1.807) is 19.1 Å². The number of amides is 1. The highest BCUT2D eigenvalue weighted by Crippen LogP contribution is 2.22. The van der Waals surface area contributed by atoms with Gasteiger partial charge in [-0.05, 0) is 25.1 Å². The van der Waals surface area contributed by atoms with Crippen LogP contribution in [-0.2, 0) is 0 Å². The highest BCUT2D eigenvalue weighted by molar-refractivity contribution is 6.29. The number of anilines is 1. The molecule has 0 unspecified atom stereocenters. The number of nitro benzene ring substituents is 1. The van der Waals surface area contributed by atoms with E-state index in [-0.39, 0.29) is 16.5 Å². The summed E-state index contributed by atoms with van der Waals surface area (Å²) in [4.78, 5) is 22.2. The van der Waals surface area contributed by atoms with Gasteiger partial charge in [0, 0.05) is 17.3 Å². The third-order valence-corrected chi connectivity index (χ3v) is 2.73. The topological polar surface area (TPSA) is 98.0 Å². The van der Waals surface area contributed by atoms with Crippen LogP contribution in [0.1, 0.15) is 16.1 Å². The second-order valence-corrected chi connectivity index (χ2v) is 4.34. The lowest BCUT2D eigenvalue weighted by Gasteiger charge is -2.05. The van der Waals surface area contributed by atoms with Gasteiger partial charge in [-0.15, -0.1) is 10.2 Å². The number of carbonyl (C=O) groups excluding carboxylic acids is 1. The predicted molar refractivity (Wildman–Crippen MR) is 72.8 cm³/mol. The van der Waals surface area contributed by atoms with Gasteiger partial charge < -0.3 is 5.32 Å². The van der Waals surface area contributed by atoms with Gasteiger partial charge in [-0.3, -0.25) is 14.9 Å². The first-order valence-electron chi connectivity index (χ1n) is 5.53. The first kappa shape index (κ1) is 13.9. The lowest BCUT2D eigenvalue weighted by atomic mass is 10.2. The van der Waals surface area contributed by atoms with E-state index in [4.69, 9.17) is 11.6 Å². The number of carbonyl (C=O) groups is 1. The van der Waals surface area contributed by atoms with Crippen molar-refractivity contribution in [3.05, 3.63) is 56.9 Å². The Balaban J connectivity index is 2.21. The van der Waals surface area contributed by atoms with Gasteiger partial charge in [-0.25, -0.2) is 0 Å². The van der Waals surface area contributed by atoms with Crippen LogP contribution in [0.3, 0.4) is 0 Å². The van der Waals surface area contributed by atoms with Crippen molar-refractivity contribution in [3.63, 3.8) is 0 Å². The molecular formula is C12H9ClN4O3. The number of hydrogen-bond acceptors (Lipinski definition) is 5. The van der Waals surface area contributed by atoms with Crippen LogP contribution in [0.15, 0.2) is 30.3 Å². The average molecular weight is 293 g/mol. The molecule has 20 heavy (non-hydrogen) atoms. The van der Waals surface area contributed by atoms with E-state index < -0.39 is 10.8 Å². The zero-order valence-corrected chi connectivity index (χ0v) is 11.1. The minimum Gasteiger partial charge on any atom is -0.320 e. The molecule has 2 rings (SSSR count). The van der Waals surface area contributed by atoms with E-state index >= 15 is 0 Å². The van der Waals surface area contributed by atoms with E-state index in [1.165, 1.54) is 18.2 Å². The molecule has 7 nitrogen and oxygen atoms in total. The van der Waals surface area contributed by atoms with Crippen LogP contribution in [0.4, 0.5) is 11.4 Å². The Kier molecular flexibility index (Phi) is 3.90. The van der Waals surface area contributed by atoms with Gasteiger partial charge in [0.15, 0.2) is 10.8 Å². The summed E-state index contributed by atoms with van der Waals surface area (Å²) in [5, 5.41) is 20.7. The highest BCUT2D eigenvalue weighted by atomic mass is 35.5. The maximum absolute atomic E-state index is 11.9. The van der Waals surface area contributed by atoms with Crippen molar-refractivity contribution in [3.8, 4) is 0 Å². The standard InChI is InChI=1S/C12H9ClN4O3/c1-7-2-3-8(6-10(7)17(19)20)14-12(18)9-4-5-11(13)16-15-9/h2-6H,1H3,(H,14,18). The minimum absolute atomic E-state index is 0.0648. The van der Waals surface area contributed by atoms with Crippen LogP contribution in [0.2, 0.25) is 5.15 Å². The van der Waals surface area contributed by atoms with Crippen LogP contribution in [0.5, 0.6) is 0 Å². The van der Waals surface area contributed by atoms with E-state index in [1.807, 2.05) is 0 Å². The van der Waals surface area contributed by atoms with Crippen LogP contribution in [0, 0.1) is 17.0 Å². The first-order valence-corrected chi connectivity index (χ1v) is 5.91. The summed E-state index contributed by atoms with van der Waals surface area (Å²) in [6, 6.07) is 7.26. The van der Waals surface area contributed by atoms with E-state index in [0.717, 1.165) is 0 Å². The number of halogens is 1. The largest absolute Gasteiger partial charge is 0.320 e. The molecule has 102 valence electrons. The van der Waals surface area contributed by atoms with Crippen molar-refractivity contribution in [2.24, 2.45) is 0 Å². The Labute approximate surface area is 118 Å². The zero-order valence-electron chi connectivity index (χ0n) is 10.3. The Morgan fingerprint density at radius 2 is 2.05 bits per heavy atom. The van der Waals surface area contributed by atoms with Gasteiger partial charge in [-0.2, -0.15) is 0 Å². The quantitative estimate of drug-likeness (QED) is 0.692. The molecular weight excluding hydrogens is 284 g/mol. The molecule has 1 aromatic carbocycles. The van der Waals surface area contributed by atoms with Crippen molar-refractivity contribution in [2.45, 2.75) is 6.92 Å². The zero-order chi connectivity index (χ0) is 14.7. The Bertz CT molecular complexity index is 673. The number of nitrogens with zero attached hydrogens (tertiary/aromatic N) is 3. The van der Waals surface area contributed by atoms with Gasteiger partial charge in [0.1, 0.15) is 0 Å². The SMILES string of the molecule is Cc1ccc(NC(=O)c2ccc(Cl)nn2)cc1[N+](=O)[O-]. The molecule has 1 heterocycles. The molecule has 1 N–H and O–H groups in total. The fraction of sp³-hybridized carbons (Fsp3) is 0.0833. The maximum Gasteiger partial charge on any atom is 0.276 e. The molecule has 1 aromatic heterocycles. The number of rotatable bonds is 3. The fourth-order valence-electron chi connectivity index (χ4n) is 1.52. The summed E-state index contributed by atoms with van der Waals surface area (Å²) in [5.41, 5.74) is 0.825. The number of nitrogens with one attached hydrogen (secondary N) is 1. The Hall–Kier alpha value is -2.54. The molecule has 0 aliphatic heterocycles. The summed E-state index contributed by atoms with van der Waals surface area (Å²) >= 11 is 5.57. The number of hydrogen-bond donors (Lipinski definition) is 1. The van der Waals surface area contributed by atoms with Crippen LogP contribution < -0.4 is 5.32 Å². The molecule has 0 radical (unpaired) electrons. The fourth-order valence-corrected chi connectivity index (χ4v) is 1.62. The van der Waals surface area contributed by atoms with Gasteiger partial charge >= 0.3 is 0 Å². The second kappa shape index (κ2) is 5.62. The van der Waals surface area contributed by atoms with Gasteiger partial charge in [0.25, 0.3) is 11.6 Å². The molecule has 0 atom stereocenters. The summed E-state index contributed by atoms with van der Waals surface area (Å²) in [5.74, 6) is -0.521. The third kappa shape index (κ3) is 3.07. The third-order valence-electron chi connectivity index (χ3n) is 2.53. The molecule has 0 saturated carbocycles. The molecule has 0 bridgehead atoms.